The third-order valence-corrected chi connectivity index (χ3v) is 6.66. The highest BCUT2D eigenvalue weighted by Gasteiger charge is 2.24. The molecule has 0 aliphatic carbocycles. The summed E-state index contributed by atoms with van der Waals surface area (Å²) in [6.45, 7) is 2.03. The molecule has 0 atom stereocenters. The van der Waals surface area contributed by atoms with E-state index in [1.165, 1.54) is 4.68 Å². The number of rotatable bonds is 6. The molecule has 5 aromatic carbocycles. The van der Waals surface area contributed by atoms with Gasteiger partial charge in [-0.1, -0.05) is 121 Å². The molecule has 6 rings (SSSR count). The van der Waals surface area contributed by atoms with Crippen LogP contribution < -0.4 is 0 Å². The molecule has 188 valence electrons. The van der Waals surface area contributed by atoms with Gasteiger partial charge in [0.05, 0.1) is 12.1 Å². The van der Waals surface area contributed by atoms with Crippen LogP contribution in [0, 0.1) is 6.92 Å². The number of fused-ring (bicyclic) bond motifs is 1. The van der Waals surface area contributed by atoms with E-state index in [0.717, 1.165) is 38.7 Å². The second kappa shape index (κ2) is 10.7. The molecular weight excluding hydrogens is 480 g/mol. The fraction of sp³-hybridized carbons (Fsp3) is 0.0588. The summed E-state index contributed by atoms with van der Waals surface area (Å²) in [6.07, 6.45) is 0.203. The molecule has 1 aromatic heterocycles. The van der Waals surface area contributed by atoms with Gasteiger partial charge in [0.25, 0.3) is 5.91 Å². The van der Waals surface area contributed by atoms with E-state index in [2.05, 4.69) is 29.4 Å². The Labute approximate surface area is 227 Å². The summed E-state index contributed by atoms with van der Waals surface area (Å²) in [6, 6.07) is 41.7. The standard InChI is InChI=1S/C34H26N4O/c1-24-16-20-30(21-17-24)35-36-33-32(27-11-4-2-5-12-27)37-38(34(33)28-13-6-3-7-14-28)31(39)23-25-18-19-26-10-8-9-15-29(26)22-25/h2-22H,23H2,1H3. The summed E-state index contributed by atoms with van der Waals surface area (Å²) in [4.78, 5) is 13.9. The Hall–Kier alpha value is -5.16. The van der Waals surface area contributed by atoms with E-state index >= 15 is 0 Å². The zero-order valence-corrected chi connectivity index (χ0v) is 21.5. The number of carbonyl (C=O) groups excluding carboxylic acids is 1. The molecule has 5 nitrogen and oxygen atoms in total. The van der Waals surface area contributed by atoms with Crippen molar-refractivity contribution in [2.75, 3.05) is 0 Å². The zero-order valence-electron chi connectivity index (χ0n) is 21.5. The van der Waals surface area contributed by atoms with Gasteiger partial charge in [-0.05, 0) is 35.4 Å². The molecule has 0 aliphatic heterocycles. The Morgan fingerprint density at radius 1 is 0.692 bits per heavy atom. The van der Waals surface area contributed by atoms with Crippen molar-refractivity contribution in [3.63, 3.8) is 0 Å². The van der Waals surface area contributed by atoms with Gasteiger partial charge in [-0.2, -0.15) is 14.9 Å². The van der Waals surface area contributed by atoms with Crippen molar-refractivity contribution in [3.8, 4) is 22.5 Å². The van der Waals surface area contributed by atoms with E-state index in [-0.39, 0.29) is 12.3 Å². The highest BCUT2D eigenvalue weighted by molar-refractivity contribution is 5.94. The van der Waals surface area contributed by atoms with E-state index in [1.54, 1.807) is 0 Å². The smallest absolute Gasteiger partial charge is 0.251 e. The minimum Gasteiger partial charge on any atom is -0.272 e. The van der Waals surface area contributed by atoms with Gasteiger partial charge in [0, 0.05) is 11.1 Å². The molecule has 0 N–H and O–H groups in total. The molecule has 5 heteroatoms. The molecule has 0 bridgehead atoms. The van der Waals surface area contributed by atoms with Gasteiger partial charge in [-0.3, -0.25) is 4.79 Å². The molecule has 0 spiro atoms. The molecule has 1 heterocycles. The van der Waals surface area contributed by atoms with E-state index in [4.69, 9.17) is 10.2 Å². The summed E-state index contributed by atoms with van der Waals surface area (Å²) in [5.41, 5.74) is 6.30. The topological polar surface area (TPSA) is 59.6 Å². The number of nitrogens with zero attached hydrogens (tertiary/aromatic N) is 4. The fourth-order valence-corrected chi connectivity index (χ4v) is 4.65. The number of hydrogen-bond acceptors (Lipinski definition) is 4. The summed E-state index contributed by atoms with van der Waals surface area (Å²) in [5, 5.41) is 16.3. The SMILES string of the molecule is Cc1ccc(N=Nc2c(-c3ccccc3)nn(C(=O)Cc3ccc4ccccc4c3)c2-c2ccccc2)cc1. The first kappa shape index (κ1) is 24.2. The summed E-state index contributed by atoms with van der Waals surface area (Å²) in [7, 11) is 0. The van der Waals surface area contributed by atoms with Crippen LogP contribution in [0.15, 0.2) is 138 Å². The lowest BCUT2D eigenvalue weighted by Gasteiger charge is -2.08. The first-order valence-corrected chi connectivity index (χ1v) is 12.9. The van der Waals surface area contributed by atoms with Crippen LogP contribution in [-0.4, -0.2) is 15.7 Å². The van der Waals surface area contributed by atoms with Gasteiger partial charge in [-0.15, -0.1) is 5.11 Å². The molecule has 0 amide bonds. The predicted octanol–water partition coefficient (Wildman–Crippen LogP) is 8.98. The molecule has 0 saturated carbocycles. The average Bonchev–Trinajstić information content (AvgIpc) is 3.37. The molecule has 6 aromatic rings. The molecule has 0 aliphatic rings. The van der Waals surface area contributed by atoms with Crippen LogP contribution >= 0.6 is 0 Å². The number of benzene rings is 5. The molecule has 0 saturated heterocycles. The van der Waals surface area contributed by atoms with E-state index in [1.807, 2.05) is 110 Å². The third-order valence-electron chi connectivity index (χ3n) is 6.66. The van der Waals surface area contributed by atoms with Gasteiger partial charge in [-0.25, -0.2) is 0 Å². The normalized spacial score (nSPS) is 11.3. The zero-order chi connectivity index (χ0) is 26.6. The summed E-state index contributed by atoms with van der Waals surface area (Å²) < 4.78 is 1.50. The minimum atomic E-state index is -0.141. The second-order valence-corrected chi connectivity index (χ2v) is 9.48. The fourth-order valence-electron chi connectivity index (χ4n) is 4.65. The number of carbonyl (C=O) groups is 1. The molecule has 0 radical (unpaired) electrons. The second-order valence-electron chi connectivity index (χ2n) is 9.48. The predicted molar refractivity (Wildman–Crippen MR) is 157 cm³/mol. The van der Waals surface area contributed by atoms with Crippen molar-refractivity contribution in [2.24, 2.45) is 10.2 Å². The Balaban J connectivity index is 1.49. The van der Waals surface area contributed by atoms with Crippen molar-refractivity contribution >= 4 is 28.1 Å². The Kier molecular flexibility index (Phi) is 6.62. The van der Waals surface area contributed by atoms with Crippen molar-refractivity contribution < 1.29 is 4.79 Å². The van der Waals surface area contributed by atoms with Crippen LogP contribution in [0.2, 0.25) is 0 Å². The molecular formula is C34H26N4O. The van der Waals surface area contributed by atoms with E-state index in [0.29, 0.717) is 17.1 Å². The molecule has 39 heavy (non-hydrogen) atoms. The van der Waals surface area contributed by atoms with Crippen molar-refractivity contribution in [1.29, 1.82) is 0 Å². The lowest BCUT2D eigenvalue weighted by Crippen LogP contribution is -2.16. The van der Waals surface area contributed by atoms with Gasteiger partial charge in [0.2, 0.25) is 0 Å². The van der Waals surface area contributed by atoms with Gasteiger partial charge in [0.1, 0.15) is 17.1 Å². The Bertz CT molecular complexity index is 1790. The molecule has 0 unspecified atom stereocenters. The maximum atomic E-state index is 13.9. The van der Waals surface area contributed by atoms with Gasteiger partial charge < -0.3 is 0 Å². The highest BCUT2D eigenvalue weighted by Crippen LogP contribution is 2.40. The van der Waals surface area contributed by atoms with Crippen LogP contribution in [-0.2, 0) is 6.42 Å². The van der Waals surface area contributed by atoms with Crippen LogP contribution in [0.25, 0.3) is 33.3 Å². The van der Waals surface area contributed by atoms with Crippen LogP contribution in [0.4, 0.5) is 11.4 Å². The number of aromatic nitrogens is 2. The Morgan fingerprint density at radius 2 is 1.33 bits per heavy atom. The van der Waals surface area contributed by atoms with Crippen molar-refractivity contribution in [1.82, 2.24) is 9.78 Å². The van der Waals surface area contributed by atoms with Gasteiger partial charge >= 0.3 is 0 Å². The number of aryl methyl sites for hydroxylation is 1. The third kappa shape index (κ3) is 5.15. The number of azo groups is 1. The van der Waals surface area contributed by atoms with Gasteiger partial charge in [0.15, 0.2) is 0 Å². The van der Waals surface area contributed by atoms with Crippen LogP contribution in [0.1, 0.15) is 15.9 Å². The summed E-state index contributed by atoms with van der Waals surface area (Å²) >= 11 is 0. The lowest BCUT2D eigenvalue weighted by atomic mass is 10.0. The van der Waals surface area contributed by atoms with Crippen LogP contribution in [0.5, 0.6) is 0 Å². The van der Waals surface area contributed by atoms with Crippen LogP contribution in [0.3, 0.4) is 0 Å². The van der Waals surface area contributed by atoms with Crippen molar-refractivity contribution in [3.05, 3.63) is 139 Å². The van der Waals surface area contributed by atoms with E-state index in [9.17, 15) is 4.79 Å². The average molecular weight is 507 g/mol. The first-order chi connectivity index (χ1) is 19.2. The summed E-state index contributed by atoms with van der Waals surface area (Å²) in [5.74, 6) is -0.141. The largest absolute Gasteiger partial charge is 0.272 e. The number of hydrogen-bond donors (Lipinski definition) is 0. The monoisotopic (exact) mass is 506 g/mol. The first-order valence-electron chi connectivity index (χ1n) is 12.9. The molecule has 0 fully saturated rings. The minimum absolute atomic E-state index is 0.141. The lowest BCUT2D eigenvalue weighted by molar-refractivity contribution is 0.0901. The maximum absolute atomic E-state index is 13.9. The maximum Gasteiger partial charge on any atom is 0.251 e. The Morgan fingerprint density at radius 3 is 2.05 bits per heavy atom. The highest BCUT2D eigenvalue weighted by atomic mass is 16.2. The van der Waals surface area contributed by atoms with Crippen molar-refractivity contribution in [2.45, 2.75) is 13.3 Å². The quantitative estimate of drug-likeness (QED) is 0.212. The van der Waals surface area contributed by atoms with E-state index < -0.39 is 0 Å².